The van der Waals surface area contributed by atoms with Gasteiger partial charge in [0.2, 0.25) is 5.95 Å². The van der Waals surface area contributed by atoms with Crippen LogP contribution in [0.15, 0.2) is 12.4 Å². The summed E-state index contributed by atoms with van der Waals surface area (Å²) in [5, 5.41) is 3.28. The largest absolute Gasteiger partial charge is 0.376 e. The third-order valence-electron chi connectivity index (χ3n) is 3.75. The van der Waals surface area contributed by atoms with Gasteiger partial charge in [-0.3, -0.25) is 0 Å². The molecule has 2 heterocycles. The summed E-state index contributed by atoms with van der Waals surface area (Å²) in [5.74, 6) is 1.15. The van der Waals surface area contributed by atoms with E-state index in [2.05, 4.69) is 15.3 Å². The molecule has 0 aromatic carbocycles. The average molecular weight is 234 g/mol. The Morgan fingerprint density at radius 3 is 2.94 bits per heavy atom. The lowest BCUT2D eigenvalue weighted by molar-refractivity contribution is -0.104. The number of hydrogen-bond acceptors (Lipinski definition) is 5. The number of nitrogens with two attached hydrogens (primary N) is 1. The van der Waals surface area contributed by atoms with Gasteiger partial charge in [-0.05, 0) is 25.3 Å². The van der Waals surface area contributed by atoms with E-state index in [0.717, 1.165) is 18.6 Å². The molecular formula is C12H18N4O. The zero-order chi connectivity index (χ0) is 11.8. The van der Waals surface area contributed by atoms with Crippen molar-refractivity contribution in [2.75, 3.05) is 11.9 Å². The van der Waals surface area contributed by atoms with Crippen molar-refractivity contribution in [3.63, 3.8) is 0 Å². The van der Waals surface area contributed by atoms with Crippen LogP contribution < -0.4 is 11.1 Å². The minimum absolute atomic E-state index is 0.156. The molecule has 1 aromatic heterocycles. The molecule has 17 heavy (non-hydrogen) atoms. The quantitative estimate of drug-likeness (QED) is 0.788. The summed E-state index contributed by atoms with van der Waals surface area (Å²) in [5.41, 5.74) is 7.21. The van der Waals surface area contributed by atoms with E-state index in [-0.39, 0.29) is 18.2 Å². The second-order valence-corrected chi connectivity index (χ2v) is 4.97. The van der Waals surface area contributed by atoms with E-state index < -0.39 is 0 Å². The molecular weight excluding hydrogens is 216 g/mol. The van der Waals surface area contributed by atoms with Gasteiger partial charge in [-0.1, -0.05) is 0 Å². The number of aromatic nitrogens is 2. The highest BCUT2D eigenvalue weighted by atomic mass is 16.5. The molecule has 0 spiro atoms. The van der Waals surface area contributed by atoms with Gasteiger partial charge in [-0.2, -0.15) is 0 Å². The lowest BCUT2D eigenvalue weighted by Crippen LogP contribution is -2.69. The second kappa shape index (κ2) is 4.23. The molecule has 5 nitrogen and oxygen atoms in total. The summed E-state index contributed by atoms with van der Waals surface area (Å²) in [6, 6.07) is 0.313. The molecule has 5 heteroatoms. The number of hydrogen-bond donors (Lipinski definition) is 2. The summed E-state index contributed by atoms with van der Waals surface area (Å²) >= 11 is 0. The molecule has 0 radical (unpaired) electrons. The van der Waals surface area contributed by atoms with Crippen LogP contribution in [0.5, 0.6) is 0 Å². The molecule has 1 aliphatic heterocycles. The van der Waals surface area contributed by atoms with E-state index in [1.165, 1.54) is 6.42 Å². The second-order valence-electron chi connectivity index (χ2n) is 4.97. The van der Waals surface area contributed by atoms with Crippen LogP contribution in [0.3, 0.4) is 0 Å². The SMILES string of the molecule is Cc1cnc(NC2C(N)C3CCCOC32)nc1. The smallest absolute Gasteiger partial charge is 0.222 e. The van der Waals surface area contributed by atoms with Crippen molar-refractivity contribution in [2.45, 2.75) is 38.0 Å². The maximum atomic E-state index is 6.16. The average Bonchev–Trinajstić information content (AvgIpc) is 2.37. The van der Waals surface area contributed by atoms with E-state index in [4.69, 9.17) is 10.5 Å². The molecule has 4 atom stereocenters. The summed E-state index contributed by atoms with van der Waals surface area (Å²) < 4.78 is 5.76. The van der Waals surface area contributed by atoms with Crippen molar-refractivity contribution in [1.82, 2.24) is 9.97 Å². The molecule has 1 saturated carbocycles. The molecule has 3 rings (SSSR count). The summed E-state index contributed by atoms with van der Waals surface area (Å²) in [4.78, 5) is 8.48. The Kier molecular flexibility index (Phi) is 2.72. The standard InChI is InChI=1S/C12H18N4O/c1-7-5-14-12(15-6-7)16-10-9(13)8-3-2-4-17-11(8)10/h5-6,8-11H,2-4,13H2,1H3,(H,14,15,16). The summed E-state index contributed by atoms with van der Waals surface area (Å²) in [6.07, 6.45) is 6.16. The molecule has 1 aromatic rings. The fourth-order valence-corrected chi connectivity index (χ4v) is 2.74. The first-order valence-corrected chi connectivity index (χ1v) is 6.18. The highest BCUT2D eigenvalue weighted by molar-refractivity contribution is 5.31. The van der Waals surface area contributed by atoms with Gasteiger partial charge in [0, 0.05) is 31.0 Å². The fourth-order valence-electron chi connectivity index (χ4n) is 2.74. The molecule has 2 fully saturated rings. The summed E-state index contributed by atoms with van der Waals surface area (Å²) in [7, 11) is 0. The minimum atomic E-state index is 0.156. The van der Waals surface area contributed by atoms with E-state index in [1.807, 2.05) is 6.92 Å². The monoisotopic (exact) mass is 234 g/mol. The van der Waals surface area contributed by atoms with Gasteiger partial charge in [-0.25, -0.2) is 9.97 Å². The molecule has 1 aliphatic carbocycles. The van der Waals surface area contributed by atoms with Gasteiger partial charge in [-0.15, -0.1) is 0 Å². The predicted molar refractivity (Wildman–Crippen MR) is 64.6 cm³/mol. The number of aryl methyl sites for hydroxylation is 1. The Hall–Kier alpha value is -1.20. The molecule has 0 amide bonds. The minimum Gasteiger partial charge on any atom is -0.376 e. The Balaban J connectivity index is 1.67. The Bertz CT molecular complexity index is 394. The van der Waals surface area contributed by atoms with Gasteiger partial charge >= 0.3 is 0 Å². The molecule has 1 saturated heterocycles. The van der Waals surface area contributed by atoms with Crippen molar-refractivity contribution in [2.24, 2.45) is 11.7 Å². The predicted octanol–water partition coefficient (Wildman–Crippen LogP) is 0.702. The van der Waals surface area contributed by atoms with Crippen LogP contribution in [-0.2, 0) is 4.74 Å². The molecule has 3 N–H and O–H groups in total. The van der Waals surface area contributed by atoms with Crippen LogP contribution in [0, 0.1) is 12.8 Å². The lowest BCUT2D eigenvalue weighted by atomic mass is 9.69. The van der Waals surface area contributed by atoms with Crippen molar-refractivity contribution in [3.05, 3.63) is 18.0 Å². The number of rotatable bonds is 2. The van der Waals surface area contributed by atoms with Crippen LogP contribution in [0.1, 0.15) is 18.4 Å². The topological polar surface area (TPSA) is 73.1 Å². The maximum Gasteiger partial charge on any atom is 0.222 e. The maximum absolute atomic E-state index is 6.16. The first-order valence-electron chi connectivity index (χ1n) is 6.18. The Labute approximate surface area is 101 Å². The first-order chi connectivity index (χ1) is 8.25. The van der Waals surface area contributed by atoms with Crippen molar-refractivity contribution in [1.29, 1.82) is 0 Å². The lowest BCUT2D eigenvalue weighted by Gasteiger charge is -2.52. The zero-order valence-electron chi connectivity index (χ0n) is 9.97. The summed E-state index contributed by atoms with van der Waals surface area (Å²) in [6.45, 7) is 2.82. The van der Waals surface area contributed by atoms with Crippen molar-refractivity contribution < 1.29 is 4.74 Å². The molecule has 0 bridgehead atoms. The van der Waals surface area contributed by atoms with Gasteiger partial charge in [0.1, 0.15) is 0 Å². The van der Waals surface area contributed by atoms with Gasteiger partial charge in [0.05, 0.1) is 12.1 Å². The molecule has 4 unspecified atom stereocenters. The third-order valence-corrected chi connectivity index (χ3v) is 3.75. The van der Waals surface area contributed by atoms with Crippen LogP contribution >= 0.6 is 0 Å². The Morgan fingerprint density at radius 1 is 1.41 bits per heavy atom. The van der Waals surface area contributed by atoms with E-state index >= 15 is 0 Å². The van der Waals surface area contributed by atoms with E-state index in [9.17, 15) is 0 Å². The van der Waals surface area contributed by atoms with Crippen molar-refractivity contribution >= 4 is 5.95 Å². The highest BCUT2D eigenvalue weighted by Gasteiger charge is 2.50. The first kappa shape index (κ1) is 10.9. The number of ether oxygens (including phenoxy) is 1. The fraction of sp³-hybridized carbons (Fsp3) is 0.667. The molecule has 92 valence electrons. The van der Waals surface area contributed by atoms with E-state index in [1.54, 1.807) is 12.4 Å². The van der Waals surface area contributed by atoms with Gasteiger partial charge in [0.15, 0.2) is 0 Å². The highest BCUT2D eigenvalue weighted by Crippen LogP contribution is 2.38. The zero-order valence-corrected chi connectivity index (χ0v) is 9.97. The third kappa shape index (κ3) is 1.89. The van der Waals surface area contributed by atoms with Crippen molar-refractivity contribution in [3.8, 4) is 0 Å². The van der Waals surface area contributed by atoms with Crippen LogP contribution in [-0.4, -0.2) is 34.8 Å². The van der Waals surface area contributed by atoms with Crippen LogP contribution in [0.2, 0.25) is 0 Å². The normalized spacial score (nSPS) is 35.9. The number of nitrogens with one attached hydrogen (secondary N) is 1. The van der Waals surface area contributed by atoms with E-state index in [0.29, 0.717) is 11.9 Å². The van der Waals surface area contributed by atoms with Gasteiger partial charge in [0.25, 0.3) is 0 Å². The Morgan fingerprint density at radius 2 is 2.18 bits per heavy atom. The van der Waals surface area contributed by atoms with Crippen LogP contribution in [0.25, 0.3) is 0 Å². The number of fused-ring (bicyclic) bond motifs is 1. The number of nitrogens with zero attached hydrogens (tertiary/aromatic N) is 2. The number of anilines is 1. The van der Waals surface area contributed by atoms with Gasteiger partial charge < -0.3 is 15.8 Å². The van der Waals surface area contributed by atoms with Crippen LogP contribution in [0.4, 0.5) is 5.95 Å². The molecule has 2 aliphatic rings.